The van der Waals surface area contributed by atoms with Crippen LogP contribution in [0.15, 0.2) is 28.7 Å². The van der Waals surface area contributed by atoms with Gasteiger partial charge in [0, 0.05) is 10.0 Å². The molecule has 0 unspecified atom stereocenters. The molecule has 88 valence electrons. The minimum absolute atomic E-state index is 0.0442. The molecule has 0 heterocycles. The van der Waals surface area contributed by atoms with Crippen LogP contribution >= 0.6 is 15.9 Å². The van der Waals surface area contributed by atoms with E-state index in [1.807, 2.05) is 26.0 Å². The Morgan fingerprint density at radius 1 is 1.50 bits per heavy atom. The Hall–Kier alpha value is -0.870. The molecule has 0 aliphatic rings. The van der Waals surface area contributed by atoms with E-state index in [2.05, 4.69) is 21.2 Å². The lowest BCUT2D eigenvalue weighted by Crippen LogP contribution is -2.41. The topological polar surface area (TPSA) is 49.3 Å². The number of carbonyl (C=O) groups is 1. The lowest BCUT2D eigenvalue weighted by molar-refractivity contribution is 0.0897. The fraction of sp³-hybridized carbons (Fsp3) is 0.417. The molecule has 0 spiro atoms. The van der Waals surface area contributed by atoms with Gasteiger partial charge in [0.25, 0.3) is 5.91 Å². The summed E-state index contributed by atoms with van der Waals surface area (Å²) in [6, 6.07) is 6.97. The minimum atomic E-state index is -0.202. The van der Waals surface area contributed by atoms with Gasteiger partial charge in [-0.15, -0.1) is 0 Å². The van der Waals surface area contributed by atoms with Crippen molar-refractivity contribution in [3.63, 3.8) is 0 Å². The van der Waals surface area contributed by atoms with Gasteiger partial charge in [0.1, 0.15) is 0 Å². The summed E-state index contributed by atoms with van der Waals surface area (Å²) >= 11 is 3.31. The highest BCUT2D eigenvalue weighted by Crippen LogP contribution is 2.12. The van der Waals surface area contributed by atoms with Crippen LogP contribution in [0, 0.1) is 5.92 Å². The highest BCUT2D eigenvalue weighted by molar-refractivity contribution is 9.10. The number of hydrogen-bond donors (Lipinski definition) is 2. The Morgan fingerprint density at radius 3 is 2.69 bits per heavy atom. The second kappa shape index (κ2) is 6.01. The third-order valence-electron chi connectivity index (χ3n) is 2.40. The SMILES string of the molecule is CC(C)[C@@H](CO)NC(=O)c1cccc(Br)c1. The van der Waals surface area contributed by atoms with Crippen LogP contribution in [0.25, 0.3) is 0 Å². The molecule has 0 aliphatic heterocycles. The Morgan fingerprint density at radius 2 is 2.19 bits per heavy atom. The largest absolute Gasteiger partial charge is 0.394 e. The highest BCUT2D eigenvalue weighted by Gasteiger charge is 2.15. The van der Waals surface area contributed by atoms with E-state index in [4.69, 9.17) is 5.11 Å². The number of rotatable bonds is 4. The lowest BCUT2D eigenvalue weighted by atomic mass is 10.0. The van der Waals surface area contributed by atoms with E-state index >= 15 is 0 Å². The summed E-state index contributed by atoms with van der Waals surface area (Å²) in [5, 5.41) is 11.9. The molecular formula is C12H16BrNO2. The zero-order chi connectivity index (χ0) is 12.1. The van der Waals surface area contributed by atoms with Gasteiger partial charge in [-0.05, 0) is 24.1 Å². The molecule has 0 fully saturated rings. The molecule has 2 N–H and O–H groups in total. The van der Waals surface area contributed by atoms with Crippen LogP contribution in [0.5, 0.6) is 0 Å². The molecule has 0 radical (unpaired) electrons. The maximum atomic E-state index is 11.8. The van der Waals surface area contributed by atoms with Crippen LogP contribution in [-0.4, -0.2) is 23.7 Å². The average molecular weight is 286 g/mol. The van der Waals surface area contributed by atoms with Crippen molar-refractivity contribution in [2.45, 2.75) is 19.9 Å². The van der Waals surface area contributed by atoms with Crippen molar-refractivity contribution in [2.24, 2.45) is 5.92 Å². The van der Waals surface area contributed by atoms with Crippen molar-refractivity contribution in [3.8, 4) is 0 Å². The molecule has 0 aliphatic carbocycles. The maximum absolute atomic E-state index is 11.8. The molecule has 0 bridgehead atoms. The number of benzene rings is 1. The smallest absolute Gasteiger partial charge is 0.251 e. The Kier molecular flexibility index (Phi) is 4.96. The summed E-state index contributed by atoms with van der Waals surface area (Å²) in [4.78, 5) is 11.8. The highest BCUT2D eigenvalue weighted by atomic mass is 79.9. The number of carbonyl (C=O) groups excluding carboxylic acids is 1. The lowest BCUT2D eigenvalue weighted by Gasteiger charge is -2.19. The first-order valence-corrected chi connectivity index (χ1v) is 6.01. The number of amides is 1. The number of hydrogen-bond acceptors (Lipinski definition) is 2. The van der Waals surface area contributed by atoms with Gasteiger partial charge < -0.3 is 10.4 Å². The van der Waals surface area contributed by atoms with Gasteiger partial charge >= 0.3 is 0 Å². The van der Waals surface area contributed by atoms with E-state index in [9.17, 15) is 4.79 Å². The van der Waals surface area contributed by atoms with Gasteiger partial charge in [-0.25, -0.2) is 0 Å². The molecule has 0 saturated heterocycles. The van der Waals surface area contributed by atoms with E-state index in [0.717, 1.165) is 4.47 Å². The molecule has 1 atom stereocenters. The summed E-state index contributed by atoms with van der Waals surface area (Å²) in [6.07, 6.45) is 0. The monoisotopic (exact) mass is 285 g/mol. The third-order valence-corrected chi connectivity index (χ3v) is 2.90. The Labute approximate surface area is 104 Å². The standard InChI is InChI=1S/C12H16BrNO2/c1-8(2)11(7-15)14-12(16)9-4-3-5-10(13)6-9/h3-6,8,11,15H,7H2,1-2H3,(H,14,16)/t11-/m1/s1. The van der Waals surface area contributed by atoms with Gasteiger partial charge in [0.15, 0.2) is 0 Å². The zero-order valence-electron chi connectivity index (χ0n) is 9.40. The van der Waals surface area contributed by atoms with Crippen molar-refractivity contribution in [2.75, 3.05) is 6.61 Å². The number of aliphatic hydroxyl groups is 1. The molecule has 1 aromatic rings. The Balaban J connectivity index is 2.72. The fourth-order valence-electron chi connectivity index (χ4n) is 1.30. The molecule has 0 saturated carbocycles. The van der Waals surface area contributed by atoms with E-state index < -0.39 is 0 Å². The number of nitrogens with one attached hydrogen (secondary N) is 1. The van der Waals surface area contributed by atoms with Crippen LogP contribution in [0.1, 0.15) is 24.2 Å². The first-order chi connectivity index (χ1) is 7.54. The Bertz CT molecular complexity index is 366. The van der Waals surface area contributed by atoms with E-state index in [0.29, 0.717) is 5.56 Å². The molecular weight excluding hydrogens is 270 g/mol. The summed E-state index contributed by atoms with van der Waals surface area (Å²) in [5.41, 5.74) is 0.591. The molecule has 16 heavy (non-hydrogen) atoms. The van der Waals surface area contributed by atoms with Gasteiger partial charge in [0.2, 0.25) is 0 Å². The van der Waals surface area contributed by atoms with Gasteiger partial charge in [-0.3, -0.25) is 4.79 Å². The van der Waals surface area contributed by atoms with Crippen LogP contribution in [0.4, 0.5) is 0 Å². The first-order valence-electron chi connectivity index (χ1n) is 5.22. The molecule has 4 heteroatoms. The predicted molar refractivity (Wildman–Crippen MR) is 67.3 cm³/mol. The third kappa shape index (κ3) is 3.61. The summed E-state index contributed by atoms with van der Waals surface area (Å²) in [7, 11) is 0. The van der Waals surface area contributed by atoms with Gasteiger partial charge in [0.05, 0.1) is 12.6 Å². The normalized spacial score (nSPS) is 12.6. The molecule has 1 amide bonds. The van der Waals surface area contributed by atoms with Crippen LogP contribution < -0.4 is 5.32 Å². The van der Waals surface area contributed by atoms with Crippen molar-refractivity contribution in [3.05, 3.63) is 34.3 Å². The summed E-state index contributed by atoms with van der Waals surface area (Å²) in [6.45, 7) is 3.88. The quantitative estimate of drug-likeness (QED) is 0.891. The van der Waals surface area contributed by atoms with Crippen LogP contribution in [0.3, 0.4) is 0 Å². The van der Waals surface area contributed by atoms with Gasteiger partial charge in [-0.2, -0.15) is 0 Å². The van der Waals surface area contributed by atoms with Crippen LogP contribution in [-0.2, 0) is 0 Å². The number of aliphatic hydroxyl groups excluding tert-OH is 1. The summed E-state index contributed by atoms with van der Waals surface area (Å²) in [5.74, 6) is 0.0511. The van der Waals surface area contributed by atoms with Crippen molar-refractivity contribution in [1.82, 2.24) is 5.32 Å². The minimum Gasteiger partial charge on any atom is -0.394 e. The fourth-order valence-corrected chi connectivity index (χ4v) is 1.70. The van der Waals surface area contributed by atoms with Gasteiger partial charge in [-0.1, -0.05) is 35.8 Å². The number of halogens is 1. The van der Waals surface area contributed by atoms with E-state index in [1.54, 1.807) is 12.1 Å². The van der Waals surface area contributed by atoms with E-state index in [1.165, 1.54) is 0 Å². The predicted octanol–water partition coefficient (Wildman–Crippen LogP) is 2.20. The molecule has 3 nitrogen and oxygen atoms in total. The van der Waals surface area contributed by atoms with E-state index in [-0.39, 0.29) is 24.5 Å². The average Bonchev–Trinajstić information content (AvgIpc) is 2.25. The van der Waals surface area contributed by atoms with Crippen LogP contribution in [0.2, 0.25) is 0 Å². The second-order valence-corrected chi connectivity index (χ2v) is 4.93. The van der Waals surface area contributed by atoms with Crippen molar-refractivity contribution in [1.29, 1.82) is 0 Å². The molecule has 1 rings (SSSR count). The van der Waals surface area contributed by atoms with Crippen molar-refractivity contribution >= 4 is 21.8 Å². The molecule has 0 aromatic heterocycles. The summed E-state index contributed by atoms with van der Waals surface area (Å²) < 4.78 is 0.866. The molecule has 1 aromatic carbocycles. The zero-order valence-corrected chi connectivity index (χ0v) is 11.0. The second-order valence-electron chi connectivity index (χ2n) is 4.02. The van der Waals surface area contributed by atoms with Crippen molar-refractivity contribution < 1.29 is 9.90 Å². The maximum Gasteiger partial charge on any atom is 0.251 e. The first kappa shape index (κ1) is 13.2.